The van der Waals surface area contributed by atoms with Crippen LogP contribution in [0.4, 0.5) is 0 Å². The lowest BCUT2D eigenvalue weighted by Crippen LogP contribution is -2.00. The summed E-state index contributed by atoms with van der Waals surface area (Å²) in [6, 6.07) is 5.40. The lowest BCUT2D eigenvalue weighted by molar-refractivity contribution is -0.118. The largest absolute Gasteiger partial charge is 0.508 e. The summed E-state index contributed by atoms with van der Waals surface area (Å²) in [4.78, 5) is 11.2. The van der Waals surface area contributed by atoms with Crippen LogP contribution in [0.3, 0.4) is 0 Å². The minimum Gasteiger partial charge on any atom is -0.508 e. The van der Waals surface area contributed by atoms with Gasteiger partial charge in [0.1, 0.15) is 11.5 Å². The molecule has 0 bridgehead atoms. The van der Waals surface area contributed by atoms with Gasteiger partial charge in [-0.25, -0.2) is 0 Å². The number of rotatable bonds is 5. The third-order valence-electron chi connectivity index (χ3n) is 2.64. The highest BCUT2D eigenvalue weighted by atomic mass is 16.3. The van der Waals surface area contributed by atoms with Gasteiger partial charge in [-0.1, -0.05) is 19.9 Å². The molecule has 0 aromatic heterocycles. The second kappa shape index (κ2) is 5.54. The van der Waals surface area contributed by atoms with Crippen molar-refractivity contribution in [2.24, 2.45) is 0 Å². The number of ketones is 1. The number of carbonyl (C=O) groups is 1. The number of carbonyl (C=O) groups excluding carboxylic acids is 1. The molecular weight excluding hydrogens is 188 g/mol. The second-order valence-corrected chi connectivity index (χ2v) is 3.70. The molecule has 0 unspecified atom stereocenters. The van der Waals surface area contributed by atoms with Crippen LogP contribution in [0.15, 0.2) is 18.2 Å². The maximum atomic E-state index is 11.2. The van der Waals surface area contributed by atoms with E-state index in [1.54, 1.807) is 12.1 Å². The van der Waals surface area contributed by atoms with Crippen molar-refractivity contribution in [2.75, 3.05) is 0 Å². The minimum atomic E-state index is 0.278. The Hall–Kier alpha value is -1.31. The molecule has 0 saturated heterocycles. The number of Topliss-reactive ketones (excluding diaryl/α,β-unsaturated/α-hetero) is 1. The minimum absolute atomic E-state index is 0.278. The van der Waals surface area contributed by atoms with Gasteiger partial charge < -0.3 is 5.11 Å². The number of aromatic hydroxyl groups is 1. The van der Waals surface area contributed by atoms with Crippen molar-refractivity contribution in [3.63, 3.8) is 0 Å². The summed E-state index contributed by atoms with van der Waals surface area (Å²) in [6.07, 6.45) is 2.85. The van der Waals surface area contributed by atoms with E-state index in [9.17, 15) is 9.90 Å². The molecule has 0 aliphatic rings. The topological polar surface area (TPSA) is 37.3 Å². The fourth-order valence-corrected chi connectivity index (χ4v) is 1.64. The van der Waals surface area contributed by atoms with Crippen molar-refractivity contribution in [3.8, 4) is 5.75 Å². The number of phenolic OH excluding ortho intramolecular Hbond substituents is 1. The molecule has 0 heterocycles. The van der Waals surface area contributed by atoms with Crippen molar-refractivity contribution >= 4 is 5.78 Å². The van der Waals surface area contributed by atoms with E-state index in [0.717, 1.165) is 18.4 Å². The van der Waals surface area contributed by atoms with Gasteiger partial charge in [0, 0.05) is 12.8 Å². The fraction of sp³-hybridized carbons (Fsp3) is 0.462. The summed E-state index contributed by atoms with van der Waals surface area (Å²) in [7, 11) is 0. The molecule has 2 heteroatoms. The van der Waals surface area contributed by atoms with Gasteiger partial charge in [0.2, 0.25) is 0 Å². The zero-order valence-electron chi connectivity index (χ0n) is 9.42. The highest BCUT2D eigenvalue weighted by molar-refractivity contribution is 5.78. The van der Waals surface area contributed by atoms with Crippen molar-refractivity contribution in [1.82, 2.24) is 0 Å². The SMILES string of the molecule is CCC(=O)CCc1cc(O)ccc1CC. The standard InChI is InChI=1S/C13H18O2/c1-3-10-5-8-13(15)9-11(10)6-7-12(14)4-2/h5,8-9,15H,3-4,6-7H2,1-2H3. The van der Waals surface area contributed by atoms with E-state index in [2.05, 4.69) is 6.92 Å². The molecule has 15 heavy (non-hydrogen) atoms. The fourth-order valence-electron chi connectivity index (χ4n) is 1.64. The van der Waals surface area contributed by atoms with E-state index in [1.165, 1.54) is 5.56 Å². The quantitative estimate of drug-likeness (QED) is 0.804. The van der Waals surface area contributed by atoms with Gasteiger partial charge in [0.15, 0.2) is 0 Å². The van der Waals surface area contributed by atoms with Crippen LogP contribution >= 0.6 is 0 Å². The Morgan fingerprint density at radius 3 is 2.60 bits per heavy atom. The molecule has 0 radical (unpaired) electrons. The summed E-state index contributed by atoms with van der Waals surface area (Å²) < 4.78 is 0. The van der Waals surface area contributed by atoms with Gasteiger partial charge in [-0.15, -0.1) is 0 Å². The van der Waals surface area contributed by atoms with Gasteiger partial charge in [-0.05, 0) is 36.1 Å². The third-order valence-corrected chi connectivity index (χ3v) is 2.64. The average Bonchev–Trinajstić information content (AvgIpc) is 2.26. The Balaban J connectivity index is 2.74. The van der Waals surface area contributed by atoms with E-state index >= 15 is 0 Å². The first kappa shape index (κ1) is 11.8. The molecular formula is C13H18O2. The maximum Gasteiger partial charge on any atom is 0.132 e. The van der Waals surface area contributed by atoms with Crippen molar-refractivity contribution in [2.45, 2.75) is 39.5 Å². The van der Waals surface area contributed by atoms with Gasteiger partial charge >= 0.3 is 0 Å². The maximum absolute atomic E-state index is 11.2. The van der Waals surface area contributed by atoms with Crippen LogP contribution < -0.4 is 0 Å². The predicted molar refractivity (Wildman–Crippen MR) is 61.1 cm³/mol. The zero-order valence-corrected chi connectivity index (χ0v) is 9.42. The molecule has 0 aliphatic carbocycles. The zero-order chi connectivity index (χ0) is 11.3. The van der Waals surface area contributed by atoms with E-state index in [-0.39, 0.29) is 11.5 Å². The molecule has 1 aromatic rings. The van der Waals surface area contributed by atoms with E-state index < -0.39 is 0 Å². The van der Waals surface area contributed by atoms with Crippen LogP contribution in [-0.4, -0.2) is 10.9 Å². The molecule has 0 atom stereocenters. The smallest absolute Gasteiger partial charge is 0.132 e. The number of benzene rings is 1. The molecule has 1 rings (SSSR count). The van der Waals surface area contributed by atoms with Gasteiger partial charge in [-0.3, -0.25) is 4.79 Å². The molecule has 1 N–H and O–H groups in total. The van der Waals surface area contributed by atoms with Gasteiger partial charge in [0.25, 0.3) is 0 Å². The van der Waals surface area contributed by atoms with Crippen LogP contribution in [0.25, 0.3) is 0 Å². The molecule has 1 aromatic carbocycles. The van der Waals surface area contributed by atoms with Gasteiger partial charge in [-0.2, -0.15) is 0 Å². The summed E-state index contributed by atoms with van der Waals surface area (Å²) in [5, 5.41) is 9.37. The molecule has 2 nitrogen and oxygen atoms in total. The highest BCUT2D eigenvalue weighted by Gasteiger charge is 2.05. The average molecular weight is 206 g/mol. The number of hydrogen-bond donors (Lipinski definition) is 1. The lowest BCUT2D eigenvalue weighted by atomic mass is 9.99. The Kier molecular flexibility index (Phi) is 4.35. The first-order valence-corrected chi connectivity index (χ1v) is 5.49. The van der Waals surface area contributed by atoms with E-state index in [4.69, 9.17) is 0 Å². The third kappa shape index (κ3) is 3.39. The number of hydrogen-bond acceptors (Lipinski definition) is 2. The van der Waals surface area contributed by atoms with Crippen LogP contribution in [0.1, 0.15) is 37.8 Å². The molecule has 82 valence electrons. The van der Waals surface area contributed by atoms with Crippen molar-refractivity contribution < 1.29 is 9.90 Å². The first-order chi connectivity index (χ1) is 7.17. The number of phenols is 1. The van der Waals surface area contributed by atoms with Gasteiger partial charge in [0.05, 0.1) is 0 Å². The molecule has 0 fully saturated rings. The molecule has 0 aliphatic heterocycles. The van der Waals surface area contributed by atoms with Crippen molar-refractivity contribution in [3.05, 3.63) is 29.3 Å². The van der Waals surface area contributed by atoms with Crippen LogP contribution in [0.5, 0.6) is 5.75 Å². The second-order valence-electron chi connectivity index (χ2n) is 3.70. The first-order valence-electron chi connectivity index (χ1n) is 5.49. The lowest BCUT2D eigenvalue weighted by Gasteiger charge is -2.07. The summed E-state index contributed by atoms with van der Waals surface area (Å²) >= 11 is 0. The van der Waals surface area contributed by atoms with Crippen molar-refractivity contribution in [1.29, 1.82) is 0 Å². The Labute approximate surface area is 90.9 Å². The normalized spacial score (nSPS) is 10.3. The molecule has 0 spiro atoms. The summed E-state index contributed by atoms with van der Waals surface area (Å²) in [5.74, 6) is 0.562. The molecule has 0 amide bonds. The Bertz CT molecular complexity index is 342. The Morgan fingerprint density at radius 2 is 2.00 bits per heavy atom. The predicted octanol–water partition coefficient (Wildman–Crippen LogP) is 2.87. The summed E-state index contributed by atoms with van der Waals surface area (Å²) in [6.45, 7) is 3.96. The molecule has 0 saturated carbocycles. The number of aryl methyl sites for hydroxylation is 2. The summed E-state index contributed by atoms with van der Waals surface area (Å²) in [5.41, 5.74) is 2.32. The Morgan fingerprint density at radius 1 is 1.27 bits per heavy atom. The van der Waals surface area contributed by atoms with E-state index in [1.807, 2.05) is 13.0 Å². The highest BCUT2D eigenvalue weighted by Crippen LogP contribution is 2.18. The van der Waals surface area contributed by atoms with Crippen LogP contribution in [-0.2, 0) is 17.6 Å². The van der Waals surface area contributed by atoms with Crippen LogP contribution in [0.2, 0.25) is 0 Å². The van der Waals surface area contributed by atoms with E-state index in [0.29, 0.717) is 12.8 Å². The monoisotopic (exact) mass is 206 g/mol. The van der Waals surface area contributed by atoms with Crippen LogP contribution in [0, 0.1) is 0 Å².